The maximum atomic E-state index is 10.5. The molecule has 0 radical (unpaired) electrons. The molecular formula is C58H148N2O13. The number of nitrogens with one attached hydrogen (secondary N) is 2. The van der Waals surface area contributed by atoms with Crippen molar-refractivity contribution < 1.29 is 62.1 Å². The number of amides is 1. The summed E-state index contributed by atoms with van der Waals surface area (Å²) in [5.41, 5.74) is 0. The third-order valence-electron chi connectivity index (χ3n) is 7.13. The molecule has 15 nitrogen and oxygen atoms in total. The summed E-state index contributed by atoms with van der Waals surface area (Å²) in [5.74, 6) is 0. The van der Waals surface area contributed by atoms with Gasteiger partial charge in [-0.05, 0) is 92.5 Å². The summed E-state index contributed by atoms with van der Waals surface area (Å²) < 4.78 is 45.2. The second-order valence-corrected chi connectivity index (χ2v) is 13.1. The van der Waals surface area contributed by atoms with Crippen LogP contribution in [-0.4, -0.2) is 143 Å². The highest BCUT2D eigenvalue weighted by Gasteiger charge is 1.99. The van der Waals surface area contributed by atoms with Crippen LogP contribution in [0.3, 0.4) is 0 Å². The van der Waals surface area contributed by atoms with Gasteiger partial charge in [0, 0.05) is 86.3 Å². The first-order chi connectivity index (χ1) is 30.6. The van der Waals surface area contributed by atoms with E-state index in [2.05, 4.69) is 56.9 Å². The van der Waals surface area contributed by atoms with Crippen LogP contribution >= 0.6 is 0 Å². The van der Waals surface area contributed by atoms with Crippen LogP contribution in [0.4, 0.5) is 4.79 Å². The minimum atomic E-state index is -0.320. The van der Waals surface area contributed by atoms with Crippen LogP contribution in [0, 0.1) is 0 Å². The first-order valence-electron chi connectivity index (χ1n) is 24.4. The molecule has 3 N–H and O–H groups in total. The quantitative estimate of drug-likeness (QED) is 0.0403. The van der Waals surface area contributed by atoms with E-state index in [4.69, 9.17) is 52.6 Å². The highest BCUT2D eigenvalue weighted by Crippen LogP contribution is 1.98. The number of aliphatic hydroxyl groups excluding tert-OH is 1. The van der Waals surface area contributed by atoms with Gasteiger partial charge < -0.3 is 58.4 Å². The molecule has 1 amide bonds. The number of carbonyl (C=O) groups excluding carboxylic acids is 3. The normalized spacial score (nSPS) is 8.53. The van der Waals surface area contributed by atoms with Gasteiger partial charge in [-0.15, -0.1) is 0 Å². The molecule has 0 aliphatic carbocycles. The molecule has 0 saturated heterocycles. The fourth-order valence-electron chi connectivity index (χ4n) is 3.58. The SMILES string of the molecule is C.C.C.C.C.C.C.C.C.C.CCCCC.CCCCCOCOCC.CCCCOCCC(O)CC.CCCOC(=O)NCC.CCCOCC.CCNCCOCC.CCOCOCCCCOC.O=C=O. The van der Waals surface area contributed by atoms with E-state index < -0.39 is 0 Å². The third kappa shape index (κ3) is 212. The van der Waals surface area contributed by atoms with Crippen LogP contribution in [0.25, 0.3) is 0 Å². The zero-order chi connectivity index (χ0) is 49.6. The van der Waals surface area contributed by atoms with E-state index in [9.17, 15) is 4.79 Å². The van der Waals surface area contributed by atoms with Crippen molar-refractivity contribution in [3.63, 3.8) is 0 Å². The number of hydrogen-bond acceptors (Lipinski definition) is 14. The van der Waals surface area contributed by atoms with Gasteiger partial charge in [-0.3, -0.25) is 0 Å². The monoisotopic (exact) mass is 1080 g/mol. The van der Waals surface area contributed by atoms with Crippen LogP contribution in [0.5, 0.6) is 0 Å². The van der Waals surface area contributed by atoms with Crippen molar-refractivity contribution >= 4 is 12.2 Å². The van der Waals surface area contributed by atoms with Gasteiger partial charge in [-0.2, -0.15) is 9.59 Å². The van der Waals surface area contributed by atoms with Gasteiger partial charge in [0.1, 0.15) is 13.6 Å². The van der Waals surface area contributed by atoms with E-state index in [1.807, 2.05) is 48.5 Å². The lowest BCUT2D eigenvalue weighted by Gasteiger charge is -2.07. The zero-order valence-electron chi connectivity index (χ0n) is 43.8. The third-order valence-corrected chi connectivity index (χ3v) is 7.13. The van der Waals surface area contributed by atoms with Crippen molar-refractivity contribution in [1.29, 1.82) is 0 Å². The largest absolute Gasteiger partial charge is 0.450 e. The second kappa shape index (κ2) is 151. The molecule has 1 atom stereocenters. The van der Waals surface area contributed by atoms with Gasteiger partial charge in [-0.1, -0.05) is 168 Å². The number of hydrogen-bond donors (Lipinski definition) is 3. The number of likely N-dealkylation sites (N-methyl/N-ethyl adjacent to an activating group) is 1. The van der Waals surface area contributed by atoms with Gasteiger partial charge in [0.2, 0.25) is 0 Å². The minimum Gasteiger partial charge on any atom is -0.450 e. The lowest BCUT2D eigenvalue weighted by atomic mass is 10.2. The Balaban J connectivity index is -0.0000000296. The molecule has 15 heteroatoms. The summed E-state index contributed by atoms with van der Waals surface area (Å²) >= 11 is 0. The Kier molecular flexibility index (Phi) is 256. The number of aliphatic hydroxyl groups is 1. The molecule has 0 aliphatic heterocycles. The molecule has 0 rings (SSSR count). The summed E-state index contributed by atoms with van der Waals surface area (Å²) in [5, 5.41) is 14.8. The van der Waals surface area contributed by atoms with Crippen molar-refractivity contribution in [2.45, 2.75) is 260 Å². The Labute approximate surface area is 463 Å². The van der Waals surface area contributed by atoms with Crippen molar-refractivity contribution in [2.75, 3.05) is 120 Å². The van der Waals surface area contributed by atoms with Crippen LogP contribution in [0.1, 0.15) is 254 Å². The van der Waals surface area contributed by atoms with Crippen molar-refractivity contribution in [3.8, 4) is 0 Å². The summed E-state index contributed by atoms with van der Waals surface area (Å²) in [6, 6.07) is 0. The number of carbonyl (C=O) groups is 1. The highest BCUT2D eigenvalue weighted by molar-refractivity contribution is 5.66. The molecule has 0 aromatic carbocycles. The molecule has 0 aromatic heterocycles. The highest BCUT2D eigenvalue weighted by atomic mass is 16.7. The Hall–Kier alpha value is -1.75. The van der Waals surface area contributed by atoms with E-state index >= 15 is 0 Å². The van der Waals surface area contributed by atoms with Gasteiger partial charge in [0.15, 0.2) is 0 Å². The van der Waals surface area contributed by atoms with Gasteiger partial charge in [-0.25, -0.2) is 4.79 Å². The Morgan fingerprint density at radius 2 is 0.836 bits per heavy atom. The van der Waals surface area contributed by atoms with E-state index in [0.29, 0.717) is 33.3 Å². The Bertz CT molecular complexity index is 685. The number of unbranched alkanes of at least 4 members (excludes halogenated alkanes) is 6. The van der Waals surface area contributed by atoms with Crippen LogP contribution in [-0.2, 0) is 52.2 Å². The average Bonchev–Trinajstić information content (AvgIpc) is 3.29. The van der Waals surface area contributed by atoms with Crippen LogP contribution in [0.2, 0.25) is 0 Å². The molecule has 0 heterocycles. The number of methoxy groups -OCH3 is 1. The summed E-state index contributed by atoms with van der Waals surface area (Å²) in [6.45, 7) is 39.6. The predicted octanol–water partition coefficient (Wildman–Crippen LogP) is 16.8. The van der Waals surface area contributed by atoms with E-state index in [1.165, 1.54) is 38.5 Å². The maximum absolute atomic E-state index is 10.5. The number of ether oxygens (including phenoxy) is 9. The summed E-state index contributed by atoms with van der Waals surface area (Å²) in [7, 11) is 1.71. The molecule has 0 bridgehead atoms. The smallest absolute Gasteiger partial charge is 0.407 e. The Morgan fingerprint density at radius 3 is 1.16 bits per heavy atom. The van der Waals surface area contributed by atoms with Crippen LogP contribution < -0.4 is 10.6 Å². The van der Waals surface area contributed by atoms with Crippen LogP contribution in [0.15, 0.2) is 0 Å². The molecule has 0 saturated carbocycles. The molecule has 0 fully saturated rings. The zero-order valence-corrected chi connectivity index (χ0v) is 43.8. The molecule has 73 heavy (non-hydrogen) atoms. The molecule has 0 spiro atoms. The molecule has 1 unspecified atom stereocenters. The first kappa shape index (κ1) is 124. The lowest BCUT2D eigenvalue weighted by Crippen LogP contribution is -2.23. The minimum absolute atomic E-state index is 0. The molecule has 0 aliphatic rings. The summed E-state index contributed by atoms with van der Waals surface area (Å²) in [4.78, 5) is 26.7. The van der Waals surface area contributed by atoms with Gasteiger partial charge >= 0.3 is 12.2 Å². The van der Waals surface area contributed by atoms with Crippen molar-refractivity contribution in [3.05, 3.63) is 0 Å². The fraction of sp³-hybridized carbons (Fsp3) is 0.966. The van der Waals surface area contributed by atoms with Crippen molar-refractivity contribution in [1.82, 2.24) is 10.6 Å². The first-order valence-corrected chi connectivity index (χ1v) is 24.4. The van der Waals surface area contributed by atoms with E-state index in [-0.39, 0.29) is 92.6 Å². The van der Waals surface area contributed by atoms with E-state index in [1.54, 1.807) is 7.11 Å². The van der Waals surface area contributed by atoms with Gasteiger partial charge in [0.25, 0.3) is 0 Å². The molecular weight excluding hydrogens is 933 g/mol. The number of alkyl carbamates (subject to hydrolysis) is 1. The summed E-state index contributed by atoms with van der Waals surface area (Å²) in [6.07, 6.45) is 15.5. The van der Waals surface area contributed by atoms with Gasteiger partial charge in [0.05, 0.1) is 19.3 Å². The molecule has 0 aromatic rings. The Morgan fingerprint density at radius 1 is 0.438 bits per heavy atom. The fourth-order valence-corrected chi connectivity index (χ4v) is 3.58. The lowest BCUT2D eigenvalue weighted by molar-refractivity contribution is -0.191. The maximum Gasteiger partial charge on any atom is 0.407 e. The molecule has 468 valence electrons. The average molecular weight is 1080 g/mol. The standard InChI is InChI=1S/C9H20O2.C8H18O3.C8H18O2.C6H13NO2.C6H15NO.C5H12O.C5H12.CO2.10CH4/c1-3-5-7-11-8-6-9(10)4-2;1-3-10-8-11-7-5-4-6-9-2;1-3-5-6-7-10-8-9-4-2;1-3-5-9-6(8)7-4-2;1-3-7-5-6-8-4-2;1-3-5-6-4-2;1-3-5-4-2;2-1-3;;;;;;;;;;/h9-10H,3-8H2,1-2H3;3-8H2,1-2H3;3-8H2,1-2H3;3-5H2,1-2H3,(H,7,8);7H,3-6H2,1-2H3;3-5H2,1-2H3;3-5H2,1-2H3;;10*1H4. The van der Waals surface area contributed by atoms with Crippen molar-refractivity contribution in [2.24, 2.45) is 0 Å². The predicted molar refractivity (Wildman–Crippen MR) is 327 cm³/mol. The van der Waals surface area contributed by atoms with E-state index in [0.717, 1.165) is 131 Å². The topological polar surface area (TPSA) is 179 Å². The second-order valence-electron chi connectivity index (χ2n) is 13.1. The number of rotatable bonds is 35.